The lowest BCUT2D eigenvalue weighted by Crippen LogP contribution is -2.37. The molecule has 1 heterocycles. The Morgan fingerprint density at radius 1 is 1.12 bits per heavy atom. The lowest BCUT2D eigenvalue weighted by atomic mass is 9.76. The number of hydroxylamine groups is 1. The van der Waals surface area contributed by atoms with Gasteiger partial charge in [-0.15, -0.1) is 0 Å². The lowest BCUT2D eigenvalue weighted by Gasteiger charge is -2.24. The SMILES string of the molecule is CCONC=CC(=O)C1C(=O)CC(c2cccc(Oc3ccc(S(C)(=O)=O)cc3)n2)CC1=O. The van der Waals surface area contributed by atoms with Crippen molar-refractivity contribution in [3.8, 4) is 11.6 Å². The summed E-state index contributed by atoms with van der Waals surface area (Å²) in [4.78, 5) is 46.9. The summed E-state index contributed by atoms with van der Waals surface area (Å²) in [5.74, 6) is -2.63. The maximum Gasteiger partial charge on any atom is 0.219 e. The highest BCUT2D eigenvalue weighted by molar-refractivity contribution is 7.90. The van der Waals surface area contributed by atoms with Crippen LogP contribution in [0.15, 0.2) is 59.6 Å². The largest absolute Gasteiger partial charge is 0.439 e. The second kappa shape index (κ2) is 10.5. The van der Waals surface area contributed by atoms with Crippen molar-refractivity contribution in [3.05, 3.63) is 60.4 Å². The van der Waals surface area contributed by atoms with Crippen LogP contribution in [0.4, 0.5) is 0 Å². The van der Waals surface area contributed by atoms with Crippen molar-refractivity contribution in [1.82, 2.24) is 10.5 Å². The molecule has 9 nitrogen and oxygen atoms in total. The minimum absolute atomic E-state index is 0.00832. The molecule has 1 aromatic heterocycles. The van der Waals surface area contributed by atoms with Gasteiger partial charge in [0, 0.05) is 49.1 Å². The van der Waals surface area contributed by atoms with Gasteiger partial charge in [0.05, 0.1) is 11.5 Å². The highest BCUT2D eigenvalue weighted by atomic mass is 32.2. The molecular formula is C23H24N2O7S. The van der Waals surface area contributed by atoms with Crippen LogP contribution < -0.4 is 10.2 Å². The van der Waals surface area contributed by atoms with E-state index in [1.165, 1.54) is 30.5 Å². The maximum atomic E-state index is 12.6. The van der Waals surface area contributed by atoms with Crippen LogP contribution in [0.5, 0.6) is 11.6 Å². The summed E-state index contributed by atoms with van der Waals surface area (Å²) >= 11 is 0. The van der Waals surface area contributed by atoms with Crippen molar-refractivity contribution in [2.75, 3.05) is 12.9 Å². The summed E-state index contributed by atoms with van der Waals surface area (Å²) in [6.07, 6.45) is 3.51. The predicted molar refractivity (Wildman–Crippen MR) is 118 cm³/mol. The number of nitrogens with zero attached hydrogens (tertiary/aromatic N) is 1. The van der Waals surface area contributed by atoms with E-state index in [0.717, 1.165) is 12.3 Å². The van der Waals surface area contributed by atoms with Gasteiger partial charge in [-0.05, 0) is 37.3 Å². The van der Waals surface area contributed by atoms with Gasteiger partial charge in [0.25, 0.3) is 0 Å². The minimum atomic E-state index is -3.32. The van der Waals surface area contributed by atoms with Crippen molar-refractivity contribution in [1.29, 1.82) is 0 Å². The summed E-state index contributed by atoms with van der Waals surface area (Å²) in [5.41, 5.74) is 2.93. The van der Waals surface area contributed by atoms with Crippen molar-refractivity contribution in [3.63, 3.8) is 0 Å². The van der Waals surface area contributed by atoms with Gasteiger partial charge in [-0.2, -0.15) is 0 Å². The number of pyridine rings is 1. The van der Waals surface area contributed by atoms with Gasteiger partial charge < -0.3 is 4.74 Å². The molecule has 10 heteroatoms. The predicted octanol–water partition coefficient (Wildman–Crippen LogP) is 2.53. The standard InChI is InChI=1S/C23H24N2O7S/c1-3-31-24-12-11-19(26)23-20(27)13-15(14-21(23)28)18-5-4-6-22(25-18)32-16-7-9-17(10-8-16)33(2,29)30/h4-12,15,23-24H,3,13-14H2,1-2H3. The van der Waals surface area contributed by atoms with E-state index in [1.807, 2.05) is 0 Å². The van der Waals surface area contributed by atoms with Crippen LogP contribution in [0, 0.1) is 5.92 Å². The second-order valence-corrected chi connectivity index (χ2v) is 9.52. The Morgan fingerprint density at radius 3 is 2.39 bits per heavy atom. The van der Waals surface area contributed by atoms with E-state index in [0.29, 0.717) is 18.1 Å². The summed E-state index contributed by atoms with van der Waals surface area (Å²) in [7, 11) is -3.32. The van der Waals surface area contributed by atoms with E-state index in [4.69, 9.17) is 9.57 Å². The van der Waals surface area contributed by atoms with E-state index in [-0.39, 0.29) is 23.6 Å². The van der Waals surface area contributed by atoms with Crippen LogP contribution in [0.1, 0.15) is 31.4 Å². The molecule has 0 unspecified atom stereocenters. The number of carbonyl (C=O) groups is 3. The third-order valence-corrected chi connectivity index (χ3v) is 6.13. The third kappa shape index (κ3) is 6.33. The molecular weight excluding hydrogens is 448 g/mol. The fourth-order valence-electron chi connectivity index (χ4n) is 3.43. The zero-order valence-corrected chi connectivity index (χ0v) is 19.0. The number of carbonyl (C=O) groups excluding carboxylic acids is 3. The number of rotatable bonds is 9. The summed E-state index contributed by atoms with van der Waals surface area (Å²) in [6, 6.07) is 10.9. The molecule has 1 aromatic carbocycles. The molecule has 1 fully saturated rings. The molecule has 0 amide bonds. The molecule has 0 aliphatic heterocycles. The number of sulfone groups is 1. The highest BCUT2D eigenvalue weighted by Gasteiger charge is 2.40. The average Bonchev–Trinajstić information content (AvgIpc) is 2.76. The lowest BCUT2D eigenvalue weighted by molar-refractivity contribution is -0.141. The summed E-state index contributed by atoms with van der Waals surface area (Å²) in [5, 5.41) is 0. The highest BCUT2D eigenvalue weighted by Crippen LogP contribution is 2.33. The van der Waals surface area contributed by atoms with Crippen LogP contribution in [0.25, 0.3) is 0 Å². The van der Waals surface area contributed by atoms with Gasteiger partial charge >= 0.3 is 0 Å². The molecule has 1 saturated carbocycles. The van der Waals surface area contributed by atoms with Gasteiger partial charge in [0.15, 0.2) is 27.2 Å². The van der Waals surface area contributed by atoms with Crippen LogP contribution in [0.2, 0.25) is 0 Å². The molecule has 1 aliphatic carbocycles. The van der Waals surface area contributed by atoms with E-state index in [9.17, 15) is 22.8 Å². The average molecular weight is 473 g/mol. The quantitative estimate of drug-likeness (QED) is 0.253. The molecule has 3 rings (SSSR count). The topological polar surface area (TPSA) is 129 Å². The Labute approximate surface area is 191 Å². The number of nitrogens with one attached hydrogen (secondary N) is 1. The molecule has 33 heavy (non-hydrogen) atoms. The third-order valence-electron chi connectivity index (χ3n) is 5.00. The second-order valence-electron chi connectivity index (χ2n) is 7.50. The summed E-state index contributed by atoms with van der Waals surface area (Å²) in [6.45, 7) is 2.16. The molecule has 0 bridgehead atoms. The van der Waals surface area contributed by atoms with Crippen LogP contribution in [-0.2, 0) is 29.1 Å². The van der Waals surface area contributed by atoms with E-state index < -0.39 is 39.0 Å². The fourth-order valence-corrected chi connectivity index (χ4v) is 4.06. The molecule has 0 radical (unpaired) electrons. The Hall–Kier alpha value is -3.37. The number of hydrogen-bond acceptors (Lipinski definition) is 9. The van der Waals surface area contributed by atoms with Crippen molar-refractivity contribution < 1.29 is 32.4 Å². The number of benzene rings is 1. The van der Waals surface area contributed by atoms with Crippen molar-refractivity contribution >= 4 is 27.2 Å². The minimum Gasteiger partial charge on any atom is -0.439 e. The number of aromatic nitrogens is 1. The van der Waals surface area contributed by atoms with E-state index in [2.05, 4.69) is 10.5 Å². The number of hydrogen-bond donors (Lipinski definition) is 1. The smallest absolute Gasteiger partial charge is 0.219 e. The number of allylic oxidation sites excluding steroid dienone is 1. The first-order chi connectivity index (χ1) is 15.7. The first kappa shape index (κ1) is 24.3. The zero-order chi connectivity index (χ0) is 24.0. The van der Waals surface area contributed by atoms with Gasteiger partial charge in [0.2, 0.25) is 5.88 Å². The first-order valence-electron chi connectivity index (χ1n) is 10.3. The Morgan fingerprint density at radius 2 is 1.79 bits per heavy atom. The molecule has 174 valence electrons. The van der Waals surface area contributed by atoms with Gasteiger partial charge in [0.1, 0.15) is 11.7 Å². The van der Waals surface area contributed by atoms with Crippen molar-refractivity contribution in [2.45, 2.75) is 30.6 Å². The Bertz CT molecular complexity index is 1160. The van der Waals surface area contributed by atoms with Gasteiger partial charge in [-0.1, -0.05) is 6.07 Å². The number of Topliss-reactive ketones (excluding diaryl/α,β-unsaturated/α-hetero) is 2. The molecule has 1 aliphatic rings. The normalized spacial score (nSPS) is 19.0. The maximum absolute atomic E-state index is 12.6. The first-order valence-corrected chi connectivity index (χ1v) is 12.2. The molecule has 2 aromatic rings. The fraction of sp³-hybridized carbons (Fsp3) is 0.304. The number of ether oxygens (including phenoxy) is 1. The van der Waals surface area contributed by atoms with Gasteiger partial charge in [-0.3, -0.25) is 24.7 Å². The van der Waals surface area contributed by atoms with Crippen LogP contribution in [0.3, 0.4) is 0 Å². The molecule has 0 atom stereocenters. The Balaban J connectivity index is 1.68. The summed E-state index contributed by atoms with van der Waals surface area (Å²) < 4.78 is 28.9. The Kier molecular flexibility index (Phi) is 7.72. The van der Waals surface area contributed by atoms with Crippen LogP contribution in [-0.4, -0.2) is 43.6 Å². The van der Waals surface area contributed by atoms with E-state index in [1.54, 1.807) is 25.1 Å². The monoisotopic (exact) mass is 472 g/mol. The number of ketones is 3. The zero-order valence-electron chi connectivity index (χ0n) is 18.2. The molecule has 0 spiro atoms. The molecule has 0 saturated heterocycles. The molecule has 1 N–H and O–H groups in total. The van der Waals surface area contributed by atoms with Crippen LogP contribution >= 0.6 is 0 Å². The van der Waals surface area contributed by atoms with Gasteiger partial charge in [-0.25, -0.2) is 13.4 Å². The van der Waals surface area contributed by atoms with E-state index >= 15 is 0 Å². The van der Waals surface area contributed by atoms with Crippen molar-refractivity contribution in [2.24, 2.45) is 5.92 Å².